The Balaban J connectivity index is 1.51. The van der Waals surface area contributed by atoms with Gasteiger partial charge in [0.15, 0.2) is 0 Å². The van der Waals surface area contributed by atoms with Crippen LogP contribution in [0.3, 0.4) is 0 Å². The summed E-state index contributed by atoms with van der Waals surface area (Å²) in [5.41, 5.74) is 0.840. The molecule has 1 amide bonds. The first-order chi connectivity index (χ1) is 17.6. The number of ketones is 1. The molecule has 2 aromatic carbocycles. The SMILES string of the molecule is CC(C)(C)OC(=O)NC(c1cccc(Cl)c1)C1CCC(n2nc(C(=O)c3ccccc3)ccc2=O)CC1. The fraction of sp³-hybridized carbons (Fsp3) is 0.379. The fourth-order valence-corrected chi connectivity index (χ4v) is 5.03. The van der Waals surface area contributed by atoms with Crippen LogP contribution in [0.15, 0.2) is 71.5 Å². The molecular weight excluding hydrogens is 490 g/mol. The lowest BCUT2D eigenvalue weighted by atomic mass is 9.79. The van der Waals surface area contributed by atoms with Gasteiger partial charge in [-0.05, 0) is 76.1 Å². The van der Waals surface area contributed by atoms with Crippen molar-refractivity contribution in [2.45, 2.75) is 64.1 Å². The highest BCUT2D eigenvalue weighted by molar-refractivity contribution is 6.30. The van der Waals surface area contributed by atoms with Gasteiger partial charge in [-0.1, -0.05) is 54.1 Å². The number of rotatable bonds is 6. The van der Waals surface area contributed by atoms with Crippen molar-refractivity contribution in [3.63, 3.8) is 0 Å². The minimum absolute atomic E-state index is 0.118. The van der Waals surface area contributed by atoms with Gasteiger partial charge < -0.3 is 10.1 Å². The molecule has 0 aliphatic heterocycles. The van der Waals surface area contributed by atoms with Gasteiger partial charge in [-0.15, -0.1) is 0 Å². The molecule has 1 aliphatic rings. The predicted molar refractivity (Wildman–Crippen MR) is 143 cm³/mol. The zero-order valence-corrected chi connectivity index (χ0v) is 22.1. The Morgan fingerprint density at radius 1 is 1.00 bits per heavy atom. The van der Waals surface area contributed by atoms with Crippen molar-refractivity contribution in [1.29, 1.82) is 0 Å². The molecule has 1 atom stereocenters. The molecule has 0 bridgehead atoms. The largest absolute Gasteiger partial charge is 0.444 e. The number of nitrogens with one attached hydrogen (secondary N) is 1. The average Bonchev–Trinajstić information content (AvgIpc) is 2.87. The van der Waals surface area contributed by atoms with Crippen LogP contribution in [0.25, 0.3) is 0 Å². The third-order valence-corrected chi connectivity index (χ3v) is 6.77. The fourth-order valence-electron chi connectivity index (χ4n) is 4.83. The van der Waals surface area contributed by atoms with Crippen LogP contribution in [-0.4, -0.2) is 27.3 Å². The molecule has 1 aliphatic carbocycles. The van der Waals surface area contributed by atoms with Gasteiger partial charge in [0.2, 0.25) is 5.78 Å². The van der Waals surface area contributed by atoms with Crippen LogP contribution in [0.4, 0.5) is 4.79 Å². The second-order valence-electron chi connectivity index (χ2n) is 10.4. The number of amides is 1. The number of halogens is 1. The van der Waals surface area contributed by atoms with Crippen molar-refractivity contribution in [2.24, 2.45) is 5.92 Å². The van der Waals surface area contributed by atoms with E-state index >= 15 is 0 Å². The first-order valence-corrected chi connectivity index (χ1v) is 12.9. The number of carbonyl (C=O) groups excluding carboxylic acids is 2. The Hall–Kier alpha value is -3.45. The van der Waals surface area contributed by atoms with Crippen LogP contribution in [-0.2, 0) is 4.74 Å². The van der Waals surface area contributed by atoms with Crippen molar-refractivity contribution in [3.05, 3.63) is 98.9 Å². The number of alkyl carbamates (subject to hydrolysis) is 1. The number of aromatic nitrogens is 2. The van der Waals surface area contributed by atoms with E-state index in [0.717, 1.165) is 18.4 Å². The van der Waals surface area contributed by atoms with Crippen LogP contribution < -0.4 is 10.9 Å². The first-order valence-electron chi connectivity index (χ1n) is 12.6. The Kier molecular flexibility index (Phi) is 8.13. The van der Waals surface area contributed by atoms with Crippen molar-refractivity contribution in [1.82, 2.24) is 15.1 Å². The molecule has 1 aromatic heterocycles. The molecule has 7 nitrogen and oxygen atoms in total. The van der Waals surface area contributed by atoms with E-state index in [1.54, 1.807) is 30.3 Å². The van der Waals surface area contributed by atoms with Gasteiger partial charge >= 0.3 is 6.09 Å². The van der Waals surface area contributed by atoms with E-state index in [-0.39, 0.29) is 35.0 Å². The quantitative estimate of drug-likeness (QED) is 0.394. The van der Waals surface area contributed by atoms with Gasteiger partial charge in [0, 0.05) is 16.7 Å². The minimum Gasteiger partial charge on any atom is -0.444 e. The van der Waals surface area contributed by atoms with Crippen molar-refractivity contribution in [2.75, 3.05) is 0 Å². The smallest absolute Gasteiger partial charge is 0.408 e. The maximum absolute atomic E-state index is 12.9. The lowest BCUT2D eigenvalue weighted by Crippen LogP contribution is -2.39. The van der Waals surface area contributed by atoms with Crippen LogP contribution in [0, 0.1) is 5.92 Å². The lowest BCUT2D eigenvalue weighted by Gasteiger charge is -2.35. The van der Waals surface area contributed by atoms with E-state index in [1.165, 1.54) is 16.8 Å². The highest BCUT2D eigenvalue weighted by Gasteiger charge is 2.32. The molecular formula is C29H32ClN3O4. The van der Waals surface area contributed by atoms with E-state index in [0.29, 0.717) is 23.4 Å². The van der Waals surface area contributed by atoms with Gasteiger partial charge in [0.1, 0.15) is 11.3 Å². The topological polar surface area (TPSA) is 90.3 Å². The van der Waals surface area contributed by atoms with E-state index in [1.807, 2.05) is 45.0 Å². The number of benzene rings is 2. The maximum Gasteiger partial charge on any atom is 0.408 e. The van der Waals surface area contributed by atoms with Crippen LogP contribution in [0.5, 0.6) is 0 Å². The van der Waals surface area contributed by atoms with E-state index in [9.17, 15) is 14.4 Å². The highest BCUT2D eigenvalue weighted by atomic mass is 35.5. The van der Waals surface area contributed by atoms with Crippen LogP contribution in [0.2, 0.25) is 5.02 Å². The molecule has 37 heavy (non-hydrogen) atoms. The van der Waals surface area contributed by atoms with Crippen LogP contribution in [0.1, 0.15) is 80.2 Å². The van der Waals surface area contributed by atoms with Crippen molar-refractivity contribution in [3.8, 4) is 0 Å². The highest BCUT2D eigenvalue weighted by Crippen LogP contribution is 2.39. The summed E-state index contributed by atoms with van der Waals surface area (Å²) in [4.78, 5) is 38.2. The maximum atomic E-state index is 12.9. The molecule has 194 valence electrons. The molecule has 8 heteroatoms. The summed E-state index contributed by atoms with van der Waals surface area (Å²) in [5.74, 6) is -0.0994. The van der Waals surface area contributed by atoms with Gasteiger partial charge in [0.05, 0.1) is 12.1 Å². The summed E-state index contributed by atoms with van der Waals surface area (Å²) in [7, 11) is 0. The summed E-state index contributed by atoms with van der Waals surface area (Å²) in [5, 5.41) is 8.09. The molecule has 1 heterocycles. The lowest BCUT2D eigenvalue weighted by molar-refractivity contribution is 0.0471. The molecule has 1 fully saturated rings. The van der Waals surface area contributed by atoms with E-state index in [2.05, 4.69) is 10.4 Å². The minimum atomic E-state index is -0.615. The number of nitrogens with zero attached hydrogens (tertiary/aromatic N) is 2. The second kappa shape index (κ2) is 11.3. The zero-order chi connectivity index (χ0) is 26.6. The molecule has 0 saturated heterocycles. The Labute approximate surface area is 221 Å². The summed E-state index contributed by atoms with van der Waals surface area (Å²) < 4.78 is 6.97. The summed E-state index contributed by atoms with van der Waals surface area (Å²) in [6.07, 6.45) is 2.40. The number of hydrogen-bond donors (Lipinski definition) is 1. The Morgan fingerprint density at radius 3 is 2.35 bits per heavy atom. The summed E-state index contributed by atoms with van der Waals surface area (Å²) in [6, 6.07) is 18.9. The monoisotopic (exact) mass is 521 g/mol. The predicted octanol–water partition coefficient (Wildman–Crippen LogP) is 6.13. The normalized spacial score (nSPS) is 18.6. The van der Waals surface area contributed by atoms with Gasteiger partial charge in [-0.3, -0.25) is 9.59 Å². The van der Waals surface area contributed by atoms with E-state index < -0.39 is 11.7 Å². The molecule has 1 N–H and O–H groups in total. The number of ether oxygens (including phenoxy) is 1. The zero-order valence-electron chi connectivity index (χ0n) is 21.3. The molecule has 1 saturated carbocycles. The molecule has 0 radical (unpaired) electrons. The number of carbonyl (C=O) groups is 2. The van der Waals surface area contributed by atoms with Crippen LogP contribution >= 0.6 is 11.6 Å². The van der Waals surface area contributed by atoms with Crippen molar-refractivity contribution >= 4 is 23.5 Å². The molecule has 4 rings (SSSR count). The summed E-state index contributed by atoms with van der Waals surface area (Å²) in [6.45, 7) is 5.48. The van der Waals surface area contributed by atoms with Gasteiger partial charge in [-0.25, -0.2) is 9.48 Å². The summed E-state index contributed by atoms with van der Waals surface area (Å²) >= 11 is 6.26. The van der Waals surface area contributed by atoms with E-state index in [4.69, 9.17) is 16.3 Å². The van der Waals surface area contributed by atoms with Gasteiger partial charge in [0.25, 0.3) is 5.56 Å². The molecule has 1 unspecified atom stereocenters. The number of hydrogen-bond acceptors (Lipinski definition) is 5. The molecule has 0 spiro atoms. The second-order valence-corrected chi connectivity index (χ2v) is 10.9. The Bertz CT molecular complexity index is 1310. The molecule has 3 aromatic rings. The third-order valence-electron chi connectivity index (χ3n) is 6.53. The standard InChI is InChI=1S/C29H32ClN3O4/c1-29(2,3)37-28(36)31-26(21-10-7-11-22(30)18-21)19-12-14-23(15-13-19)33-25(34)17-16-24(32-33)27(35)20-8-5-4-6-9-20/h4-11,16-19,23,26H,12-15H2,1-3H3,(H,31,36). The van der Waals surface area contributed by atoms with Crippen molar-refractivity contribution < 1.29 is 14.3 Å². The first kappa shape index (κ1) is 26.6. The van der Waals surface area contributed by atoms with Gasteiger partial charge in [-0.2, -0.15) is 5.10 Å². The Morgan fingerprint density at radius 2 is 1.70 bits per heavy atom. The third kappa shape index (κ3) is 6.86. The average molecular weight is 522 g/mol.